The molecule has 5 heteroatoms. The Bertz CT molecular complexity index is 691. The molecule has 0 saturated heterocycles. The van der Waals surface area contributed by atoms with Crippen molar-refractivity contribution in [2.24, 2.45) is 0 Å². The minimum absolute atomic E-state index is 0.135. The first kappa shape index (κ1) is 15.9. The zero-order valence-electron chi connectivity index (χ0n) is 13.3. The molecule has 1 N–H and O–H groups in total. The van der Waals surface area contributed by atoms with Gasteiger partial charge in [-0.3, -0.25) is 0 Å². The molecule has 1 heterocycles. The predicted octanol–water partition coefficient (Wildman–Crippen LogP) is 3.54. The largest absolute Gasteiger partial charge is 0.493 e. The average molecular weight is 300 g/mol. The molecule has 0 fully saturated rings. The number of nitrogens with zero attached hydrogens (tertiary/aromatic N) is 2. The maximum Gasteiger partial charge on any atom is 0.339 e. The SMILES string of the molecule is CCOc1ccc(-c2ccnc(C(C)(C)C)n2)cc1C(=O)O. The van der Waals surface area contributed by atoms with Gasteiger partial charge in [-0.2, -0.15) is 0 Å². The Morgan fingerprint density at radius 1 is 1.27 bits per heavy atom. The lowest BCUT2D eigenvalue weighted by Gasteiger charge is -2.17. The molecule has 2 aromatic rings. The zero-order chi connectivity index (χ0) is 16.3. The van der Waals surface area contributed by atoms with Gasteiger partial charge in [0.1, 0.15) is 17.1 Å². The van der Waals surface area contributed by atoms with E-state index in [2.05, 4.69) is 9.97 Å². The van der Waals surface area contributed by atoms with Crippen LogP contribution in [0.2, 0.25) is 0 Å². The van der Waals surface area contributed by atoms with Crippen LogP contribution in [-0.4, -0.2) is 27.7 Å². The monoisotopic (exact) mass is 300 g/mol. The van der Waals surface area contributed by atoms with Crippen LogP contribution in [0, 0.1) is 0 Å². The number of carboxylic acids is 1. The van der Waals surface area contributed by atoms with Crippen LogP contribution < -0.4 is 4.74 Å². The molecule has 0 atom stereocenters. The van der Waals surface area contributed by atoms with Gasteiger partial charge in [-0.1, -0.05) is 20.8 Å². The average Bonchev–Trinajstić information content (AvgIpc) is 2.47. The van der Waals surface area contributed by atoms with Gasteiger partial charge in [-0.25, -0.2) is 14.8 Å². The maximum absolute atomic E-state index is 11.4. The predicted molar refractivity (Wildman–Crippen MR) is 84.3 cm³/mol. The van der Waals surface area contributed by atoms with Crippen LogP contribution in [0.3, 0.4) is 0 Å². The first-order valence-electron chi connectivity index (χ1n) is 7.17. The Morgan fingerprint density at radius 3 is 2.59 bits per heavy atom. The summed E-state index contributed by atoms with van der Waals surface area (Å²) >= 11 is 0. The van der Waals surface area contributed by atoms with Crippen LogP contribution >= 0.6 is 0 Å². The van der Waals surface area contributed by atoms with Crippen molar-refractivity contribution < 1.29 is 14.6 Å². The van der Waals surface area contributed by atoms with Gasteiger partial charge in [0.25, 0.3) is 0 Å². The van der Waals surface area contributed by atoms with Crippen LogP contribution in [-0.2, 0) is 5.41 Å². The molecule has 0 amide bonds. The van der Waals surface area contributed by atoms with Gasteiger partial charge < -0.3 is 9.84 Å². The van der Waals surface area contributed by atoms with Crippen LogP contribution in [0.1, 0.15) is 43.9 Å². The summed E-state index contributed by atoms with van der Waals surface area (Å²) in [4.78, 5) is 20.2. The molecule has 2 rings (SSSR count). The van der Waals surface area contributed by atoms with E-state index in [1.54, 1.807) is 24.4 Å². The van der Waals surface area contributed by atoms with Crippen molar-refractivity contribution in [3.63, 3.8) is 0 Å². The van der Waals surface area contributed by atoms with Gasteiger partial charge in [-0.15, -0.1) is 0 Å². The minimum atomic E-state index is -1.02. The molecule has 0 unspecified atom stereocenters. The molecule has 0 bridgehead atoms. The van der Waals surface area contributed by atoms with E-state index < -0.39 is 5.97 Å². The standard InChI is InChI=1S/C17H20N2O3/c1-5-22-14-7-6-11(10-12(14)15(20)21)13-8-9-18-16(19-13)17(2,3)4/h6-10H,5H2,1-4H3,(H,20,21). The summed E-state index contributed by atoms with van der Waals surface area (Å²) in [5.41, 5.74) is 1.39. The highest BCUT2D eigenvalue weighted by Gasteiger charge is 2.18. The van der Waals surface area contributed by atoms with Gasteiger partial charge in [0.15, 0.2) is 0 Å². The molecule has 0 saturated carbocycles. The number of rotatable bonds is 4. The fourth-order valence-corrected chi connectivity index (χ4v) is 2.02. The van der Waals surface area contributed by atoms with Crippen molar-refractivity contribution in [1.82, 2.24) is 9.97 Å². The highest BCUT2D eigenvalue weighted by atomic mass is 16.5. The Hall–Kier alpha value is -2.43. The number of aromatic nitrogens is 2. The molecule has 0 aliphatic heterocycles. The molecule has 0 radical (unpaired) electrons. The van der Waals surface area contributed by atoms with E-state index in [4.69, 9.17) is 4.74 Å². The van der Waals surface area contributed by atoms with Crippen molar-refractivity contribution in [2.75, 3.05) is 6.61 Å². The third kappa shape index (κ3) is 3.42. The molecular weight excluding hydrogens is 280 g/mol. The Kier molecular flexibility index (Phi) is 4.45. The van der Waals surface area contributed by atoms with Crippen molar-refractivity contribution >= 4 is 5.97 Å². The van der Waals surface area contributed by atoms with Crippen molar-refractivity contribution in [3.05, 3.63) is 41.9 Å². The zero-order valence-corrected chi connectivity index (χ0v) is 13.3. The molecule has 22 heavy (non-hydrogen) atoms. The first-order valence-corrected chi connectivity index (χ1v) is 7.17. The van der Waals surface area contributed by atoms with Crippen molar-refractivity contribution in [1.29, 1.82) is 0 Å². The van der Waals surface area contributed by atoms with E-state index in [1.807, 2.05) is 33.8 Å². The highest BCUT2D eigenvalue weighted by Crippen LogP contribution is 2.27. The molecule has 5 nitrogen and oxygen atoms in total. The summed E-state index contributed by atoms with van der Waals surface area (Å²) < 4.78 is 5.35. The van der Waals surface area contributed by atoms with E-state index in [0.717, 1.165) is 11.4 Å². The van der Waals surface area contributed by atoms with Crippen LogP contribution in [0.25, 0.3) is 11.3 Å². The normalized spacial score (nSPS) is 11.3. The third-order valence-corrected chi connectivity index (χ3v) is 3.13. The summed E-state index contributed by atoms with van der Waals surface area (Å²) in [6.45, 7) is 8.34. The lowest BCUT2D eigenvalue weighted by molar-refractivity contribution is 0.0692. The van der Waals surface area contributed by atoms with E-state index >= 15 is 0 Å². The van der Waals surface area contributed by atoms with Crippen LogP contribution in [0.4, 0.5) is 0 Å². The van der Waals surface area contributed by atoms with Gasteiger partial charge in [0.2, 0.25) is 0 Å². The number of carbonyl (C=O) groups is 1. The number of hydrogen-bond acceptors (Lipinski definition) is 4. The lowest BCUT2D eigenvalue weighted by Crippen LogP contribution is -2.16. The summed E-state index contributed by atoms with van der Waals surface area (Å²) in [5, 5.41) is 9.33. The molecule has 116 valence electrons. The first-order chi connectivity index (χ1) is 10.3. The fraction of sp³-hybridized carbons (Fsp3) is 0.353. The topological polar surface area (TPSA) is 72.3 Å². The van der Waals surface area contributed by atoms with E-state index in [9.17, 15) is 9.90 Å². The van der Waals surface area contributed by atoms with Crippen LogP contribution in [0.5, 0.6) is 5.75 Å². The quantitative estimate of drug-likeness (QED) is 0.935. The van der Waals surface area contributed by atoms with Gasteiger partial charge in [-0.05, 0) is 31.2 Å². The van der Waals surface area contributed by atoms with Crippen LogP contribution in [0.15, 0.2) is 30.5 Å². The highest BCUT2D eigenvalue weighted by molar-refractivity contribution is 5.92. The smallest absolute Gasteiger partial charge is 0.339 e. The molecule has 0 aliphatic rings. The van der Waals surface area contributed by atoms with E-state index in [1.165, 1.54) is 0 Å². The molecule has 0 aliphatic carbocycles. The van der Waals surface area contributed by atoms with Gasteiger partial charge in [0, 0.05) is 17.2 Å². The summed E-state index contributed by atoms with van der Waals surface area (Å²) in [5.74, 6) is 0.0648. The number of carboxylic acid groups (broad SMARTS) is 1. The second-order valence-corrected chi connectivity index (χ2v) is 5.96. The second-order valence-electron chi connectivity index (χ2n) is 5.96. The Labute approximate surface area is 130 Å². The Morgan fingerprint density at radius 2 is 2.00 bits per heavy atom. The lowest BCUT2D eigenvalue weighted by atomic mass is 9.95. The fourth-order valence-electron chi connectivity index (χ4n) is 2.02. The molecule has 1 aromatic heterocycles. The Balaban J connectivity index is 2.49. The number of ether oxygens (including phenoxy) is 1. The van der Waals surface area contributed by atoms with Crippen molar-refractivity contribution in [3.8, 4) is 17.0 Å². The maximum atomic E-state index is 11.4. The van der Waals surface area contributed by atoms with Crippen molar-refractivity contribution in [2.45, 2.75) is 33.1 Å². The van der Waals surface area contributed by atoms with E-state index in [0.29, 0.717) is 18.1 Å². The molecular formula is C17H20N2O3. The molecule has 0 spiro atoms. The summed E-state index contributed by atoms with van der Waals surface area (Å²) in [6, 6.07) is 6.84. The number of benzene rings is 1. The van der Waals surface area contributed by atoms with Gasteiger partial charge >= 0.3 is 5.97 Å². The summed E-state index contributed by atoms with van der Waals surface area (Å²) in [6.07, 6.45) is 1.69. The van der Waals surface area contributed by atoms with E-state index in [-0.39, 0.29) is 11.0 Å². The summed E-state index contributed by atoms with van der Waals surface area (Å²) in [7, 11) is 0. The second kappa shape index (κ2) is 6.13. The molecule has 1 aromatic carbocycles. The number of aromatic carboxylic acids is 1. The number of hydrogen-bond donors (Lipinski definition) is 1. The third-order valence-electron chi connectivity index (χ3n) is 3.13. The van der Waals surface area contributed by atoms with Gasteiger partial charge in [0.05, 0.1) is 12.3 Å². The minimum Gasteiger partial charge on any atom is -0.493 e.